The van der Waals surface area contributed by atoms with Crippen LogP contribution >= 0.6 is 0 Å². The summed E-state index contributed by atoms with van der Waals surface area (Å²) in [5, 5.41) is 2.91. The topological polar surface area (TPSA) is 61.9 Å². The molecule has 1 aromatic carbocycles. The van der Waals surface area contributed by atoms with Crippen molar-refractivity contribution in [2.45, 2.75) is 39.2 Å². The summed E-state index contributed by atoms with van der Waals surface area (Å²) in [5.41, 5.74) is 0.323. The zero-order valence-electron chi connectivity index (χ0n) is 15.6. The van der Waals surface area contributed by atoms with Gasteiger partial charge in [0, 0.05) is 32.4 Å². The number of nitrogens with one attached hydrogen (secondary N) is 1. The average molecular weight is 347 g/mol. The first-order valence-corrected chi connectivity index (χ1v) is 8.80. The molecule has 3 amide bonds. The van der Waals surface area contributed by atoms with Gasteiger partial charge >= 0.3 is 12.1 Å². The van der Waals surface area contributed by atoms with Crippen LogP contribution in [0.25, 0.3) is 0 Å². The van der Waals surface area contributed by atoms with E-state index in [1.807, 2.05) is 56.0 Å². The lowest BCUT2D eigenvalue weighted by Gasteiger charge is -2.34. The van der Waals surface area contributed by atoms with Crippen LogP contribution in [0.15, 0.2) is 30.3 Å². The van der Waals surface area contributed by atoms with E-state index < -0.39 is 5.60 Å². The fraction of sp³-hybridized carbons (Fsp3) is 0.579. The fourth-order valence-electron chi connectivity index (χ4n) is 2.84. The normalized spacial score (nSPS) is 15.6. The highest BCUT2D eigenvalue weighted by Gasteiger charge is 2.26. The van der Waals surface area contributed by atoms with Gasteiger partial charge in [0.25, 0.3) is 0 Å². The molecule has 6 nitrogen and oxygen atoms in total. The second-order valence-electron chi connectivity index (χ2n) is 7.59. The maximum Gasteiger partial charge on any atom is 0.410 e. The Morgan fingerprint density at radius 3 is 2.36 bits per heavy atom. The van der Waals surface area contributed by atoms with Crippen molar-refractivity contribution in [3.63, 3.8) is 0 Å². The zero-order chi connectivity index (χ0) is 18.4. The largest absolute Gasteiger partial charge is 0.444 e. The van der Waals surface area contributed by atoms with Crippen molar-refractivity contribution in [1.82, 2.24) is 9.80 Å². The van der Waals surface area contributed by atoms with Crippen LogP contribution in [0, 0.1) is 5.92 Å². The molecule has 1 aliphatic rings. The molecule has 0 aromatic heterocycles. The van der Waals surface area contributed by atoms with Crippen LogP contribution < -0.4 is 5.32 Å². The molecule has 1 N–H and O–H groups in total. The number of para-hydroxylation sites is 1. The lowest BCUT2D eigenvalue weighted by atomic mass is 9.96. The number of carbonyl (C=O) groups is 2. The van der Waals surface area contributed by atoms with E-state index in [1.54, 1.807) is 11.9 Å². The molecule has 0 saturated carbocycles. The molecule has 0 unspecified atom stereocenters. The molecular formula is C19H29N3O3. The number of amides is 3. The van der Waals surface area contributed by atoms with E-state index >= 15 is 0 Å². The van der Waals surface area contributed by atoms with Gasteiger partial charge in [-0.15, -0.1) is 0 Å². The van der Waals surface area contributed by atoms with Gasteiger partial charge in [-0.3, -0.25) is 0 Å². The molecule has 1 saturated heterocycles. The minimum atomic E-state index is -0.482. The second-order valence-corrected chi connectivity index (χ2v) is 7.59. The van der Waals surface area contributed by atoms with Crippen LogP contribution in [0.1, 0.15) is 33.6 Å². The van der Waals surface area contributed by atoms with E-state index in [-0.39, 0.29) is 12.1 Å². The maximum absolute atomic E-state index is 12.3. The SMILES string of the molecule is CN(CC1CCN(C(=O)Nc2ccccc2)CC1)C(=O)OC(C)(C)C. The third-order valence-corrected chi connectivity index (χ3v) is 4.16. The van der Waals surface area contributed by atoms with E-state index in [2.05, 4.69) is 5.32 Å². The van der Waals surface area contributed by atoms with Crippen molar-refractivity contribution >= 4 is 17.8 Å². The minimum absolute atomic E-state index is 0.0647. The van der Waals surface area contributed by atoms with Gasteiger partial charge in [0.15, 0.2) is 0 Å². The smallest absolute Gasteiger partial charge is 0.410 e. The Hall–Kier alpha value is -2.24. The van der Waals surface area contributed by atoms with Crippen molar-refractivity contribution in [1.29, 1.82) is 0 Å². The quantitative estimate of drug-likeness (QED) is 0.905. The summed E-state index contributed by atoms with van der Waals surface area (Å²) >= 11 is 0. The third-order valence-electron chi connectivity index (χ3n) is 4.16. The van der Waals surface area contributed by atoms with E-state index in [9.17, 15) is 9.59 Å². The van der Waals surface area contributed by atoms with Gasteiger partial charge in [0.2, 0.25) is 0 Å². The Bertz CT molecular complexity index is 575. The number of anilines is 1. The number of rotatable bonds is 3. The lowest BCUT2D eigenvalue weighted by molar-refractivity contribution is 0.0255. The second kappa shape index (κ2) is 8.23. The molecule has 0 bridgehead atoms. The number of likely N-dealkylation sites (tertiary alicyclic amines) is 1. The molecule has 6 heteroatoms. The third kappa shape index (κ3) is 6.29. The van der Waals surface area contributed by atoms with Crippen molar-refractivity contribution in [3.8, 4) is 0 Å². The Kier molecular flexibility index (Phi) is 6.28. The van der Waals surface area contributed by atoms with Gasteiger partial charge in [0.05, 0.1) is 0 Å². The van der Waals surface area contributed by atoms with Crippen LogP contribution in [0.3, 0.4) is 0 Å². The first kappa shape index (κ1) is 19.1. The van der Waals surface area contributed by atoms with Gasteiger partial charge in [-0.1, -0.05) is 18.2 Å². The molecular weight excluding hydrogens is 318 g/mol. The first-order chi connectivity index (χ1) is 11.7. The van der Waals surface area contributed by atoms with Crippen LogP contribution in [0.4, 0.5) is 15.3 Å². The lowest BCUT2D eigenvalue weighted by Crippen LogP contribution is -2.44. The number of ether oxygens (including phenoxy) is 1. The highest BCUT2D eigenvalue weighted by atomic mass is 16.6. The standard InChI is InChI=1S/C19H29N3O3/c1-19(2,3)25-18(24)21(4)14-15-10-12-22(13-11-15)17(23)20-16-8-6-5-7-9-16/h5-9,15H,10-14H2,1-4H3,(H,20,23). The average Bonchev–Trinajstić information content (AvgIpc) is 2.54. The number of carbonyl (C=O) groups excluding carboxylic acids is 2. The summed E-state index contributed by atoms with van der Waals surface area (Å²) in [6.07, 6.45) is 1.47. The molecule has 1 aromatic rings. The van der Waals surface area contributed by atoms with Gasteiger partial charge in [0.1, 0.15) is 5.60 Å². The number of hydrogen-bond acceptors (Lipinski definition) is 3. The van der Waals surface area contributed by atoms with Gasteiger partial charge < -0.3 is 19.9 Å². The summed E-state index contributed by atoms with van der Waals surface area (Å²) in [6, 6.07) is 9.40. The highest BCUT2D eigenvalue weighted by molar-refractivity contribution is 5.89. The molecule has 0 aliphatic carbocycles. The molecule has 25 heavy (non-hydrogen) atoms. The number of hydrogen-bond donors (Lipinski definition) is 1. The van der Waals surface area contributed by atoms with Crippen LogP contribution in [0.5, 0.6) is 0 Å². The Morgan fingerprint density at radius 2 is 1.80 bits per heavy atom. The van der Waals surface area contributed by atoms with Crippen LogP contribution in [0.2, 0.25) is 0 Å². The monoisotopic (exact) mass is 347 g/mol. The highest BCUT2D eigenvalue weighted by Crippen LogP contribution is 2.20. The van der Waals surface area contributed by atoms with Crippen molar-refractivity contribution < 1.29 is 14.3 Å². The predicted molar refractivity (Wildman–Crippen MR) is 98.6 cm³/mol. The zero-order valence-corrected chi connectivity index (χ0v) is 15.6. The predicted octanol–water partition coefficient (Wildman–Crippen LogP) is 3.80. The van der Waals surface area contributed by atoms with Crippen molar-refractivity contribution in [3.05, 3.63) is 30.3 Å². The number of piperidine rings is 1. The molecule has 0 atom stereocenters. The number of benzene rings is 1. The summed E-state index contributed by atoms with van der Waals surface area (Å²) in [6.45, 7) is 7.65. The van der Waals surface area contributed by atoms with Crippen molar-refractivity contribution in [2.75, 3.05) is 32.0 Å². The van der Waals surface area contributed by atoms with Gasteiger partial charge in [-0.2, -0.15) is 0 Å². The van der Waals surface area contributed by atoms with E-state index in [0.29, 0.717) is 25.6 Å². The van der Waals surface area contributed by atoms with E-state index in [0.717, 1.165) is 18.5 Å². The minimum Gasteiger partial charge on any atom is -0.444 e. The van der Waals surface area contributed by atoms with Crippen molar-refractivity contribution in [2.24, 2.45) is 5.92 Å². The maximum atomic E-state index is 12.3. The molecule has 138 valence electrons. The van der Waals surface area contributed by atoms with Gasteiger partial charge in [-0.05, 0) is 51.7 Å². The summed E-state index contributed by atoms with van der Waals surface area (Å²) in [4.78, 5) is 27.8. The van der Waals surface area contributed by atoms with E-state index in [4.69, 9.17) is 4.74 Å². The summed E-state index contributed by atoms with van der Waals surface area (Å²) in [7, 11) is 1.77. The summed E-state index contributed by atoms with van der Waals surface area (Å²) < 4.78 is 5.38. The molecule has 0 spiro atoms. The Labute approximate surface area is 150 Å². The molecule has 1 fully saturated rings. The molecule has 0 radical (unpaired) electrons. The molecule has 1 aliphatic heterocycles. The molecule has 1 heterocycles. The van der Waals surface area contributed by atoms with Crippen LogP contribution in [-0.2, 0) is 4.74 Å². The van der Waals surface area contributed by atoms with Crippen LogP contribution in [-0.4, -0.2) is 54.2 Å². The fourth-order valence-corrected chi connectivity index (χ4v) is 2.84. The first-order valence-electron chi connectivity index (χ1n) is 8.80. The number of urea groups is 1. The Morgan fingerprint density at radius 1 is 1.20 bits per heavy atom. The van der Waals surface area contributed by atoms with E-state index in [1.165, 1.54) is 0 Å². The van der Waals surface area contributed by atoms with Gasteiger partial charge in [-0.25, -0.2) is 9.59 Å². The number of nitrogens with zero attached hydrogens (tertiary/aromatic N) is 2. The Balaban J connectivity index is 1.75. The summed E-state index contributed by atoms with van der Waals surface area (Å²) in [5.74, 6) is 0.387. The molecule has 2 rings (SSSR count).